The molecule has 0 saturated carbocycles. The Labute approximate surface area is 98.4 Å². The van der Waals surface area contributed by atoms with Crippen molar-refractivity contribution in [3.63, 3.8) is 0 Å². The van der Waals surface area contributed by atoms with E-state index in [1.54, 1.807) is 0 Å². The van der Waals surface area contributed by atoms with Crippen LogP contribution in [-0.4, -0.2) is 19.1 Å². The van der Waals surface area contributed by atoms with Gasteiger partial charge in [-0.05, 0) is 36.5 Å². The van der Waals surface area contributed by atoms with Crippen molar-refractivity contribution in [3.8, 4) is 0 Å². The molecule has 0 radical (unpaired) electrons. The van der Waals surface area contributed by atoms with Gasteiger partial charge in [0.05, 0.1) is 0 Å². The minimum atomic E-state index is 0.346. The molecule has 16 heavy (non-hydrogen) atoms. The second kappa shape index (κ2) is 4.88. The van der Waals surface area contributed by atoms with E-state index in [1.165, 1.54) is 24.1 Å². The van der Waals surface area contributed by atoms with Crippen molar-refractivity contribution < 1.29 is 0 Å². The van der Waals surface area contributed by atoms with Crippen molar-refractivity contribution in [1.82, 2.24) is 0 Å². The van der Waals surface area contributed by atoms with E-state index < -0.39 is 0 Å². The van der Waals surface area contributed by atoms with Gasteiger partial charge in [-0.15, -0.1) is 0 Å². The van der Waals surface area contributed by atoms with E-state index in [9.17, 15) is 0 Å². The van der Waals surface area contributed by atoms with Gasteiger partial charge in [0.25, 0.3) is 0 Å². The van der Waals surface area contributed by atoms with Gasteiger partial charge in [0.2, 0.25) is 0 Å². The summed E-state index contributed by atoms with van der Waals surface area (Å²) in [5, 5.41) is 0. The van der Waals surface area contributed by atoms with Crippen LogP contribution in [0.15, 0.2) is 24.3 Å². The predicted octanol–water partition coefficient (Wildman–Crippen LogP) is 2.74. The largest absolute Gasteiger partial charge is 0.370 e. The normalized spacial score (nSPS) is 21.5. The van der Waals surface area contributed by atoms with E-state index in [4.69, 9.17) is 5.73 Å². The van der Waals surface area contributed by atoms with E-state index in [0.717, 1.165) is 13.1 Å². The second-order valence-corrected chi connectivity index (χ2v) is 5.09. The fourth-order valence-electron chi connectivity index (χ4n) is 2.31. The van der Waals surface area contributed by atoms with Crippen LogP contribution in [0.5, 0.6) is 0 Å². The molecule has 2 heteroatoms. The highest BCUT2D eigenvalue weighted by molar-refractivity contribution is 5.48. The summed E-state index contributed by atoms with van der Waals surface area (Å²) in [4.78, 5) is 2.40. The van der Waals surface area contributed by atoms with Gasteiger partial charge in [-0.1, -0.05) is 26.0 Å². The maximum atomic E-state index is 6.00. The summed E-state index contributed by atoms with van der Waals surface area (Å²) in [5.74, 6) is 0.609. The molecule has 2 rings (SSSR count). The first-order valence-corrected chi connectivity index (χ1v) is 6.27. The van der Waals surface area contributed by atoms with Gasteiger partial charge in [0, 0.05) is 24.8 Å². The molecule has 2 N–H and O–H groups in total. The Kier molecular flexibility index (Phi) is 3.49. The van der Waals surface area contributed by atoms with Crippen molar-refractivity contribution in [2.75, 3.05) is 18.0 Å². The molecule has 1 aliphatic rings. The maximum Gasteiger partial charge on any atom is 0.0366 e. The third kappa shape index (κ3) is 2.56. The standard InChI is InChI=1S/C14H22N2/c1-11(2)12-5-7-14(8-6-12)16-9-3-4-13(15)10-16/h5-8,11,13H,3-4,9-10,15H2,1-2H3. The minimum absolute atomic E-state index is 0.346. The van der Waals surface area contributed by atoms with Crippen molar-refractivity contribution in [1.29, 1.82) is 0 Å². The molecule has 0 aromatic heterocycles. The molecule has 0 bridgehead atoms. The summed E-state index contributed by atoms with van der Waals surface area (Å²) in [5.41, 5.74) is 8.73. The fourth-order valence-corrected chi connectivity index (χ4v) is 2.31. The summed E-state index contributed by atoms with van der Waals surface area (Å²) in [6.07, 6.45) is 2.38. The summed E-state index contributed by atoms with van der Waals surface area (Å²) in [6, 6.07) is 9.28. The highest BCUT2D eigenvalue weighted by Gasteiger charge is 2.16. The molecule has 1 fully saturated rings. The summed E-state index contributed by atoms with van der Waals surface area (Å²) in [7, 11) is 0. The van der Waals surface area contributed by atoms with Crippen molar-refractivity contribution in [2.24, 2.45) is 5.73 Å². The lowest BCUT2D eigenvalue weighted by atomic mass is 10.0. The van der Waals surface area contributed by atoms with Gasteiger partial charge in [0.15, 0.2) is 0 Å². The molecule has 1 atom stereocenters. The van der Waals surface area contributed by atoms with Gasteiger partial charge in [0.1, 0.15) is 0 Å². The minimum Gasteiger partial charge on any atom is -0.370 e. The number of piperidine rings is 1. The number of hydrogen-bond donors (Lipinski definition) is 1. The Morgan fingerprint density at radius 1 is 1.25 bits per heavy atom. The first kappa shape index (κ1) is 11.5. The van der Waals surface area contributed by atoms with Crippen LogP contribution in [0, 0.1) is 0 Å². The lowest BCUT2D eigenvalue weighted by molar-refractivity contribution is 0.506. The molecular formula is C14H22N2. The maximum absolute atomic E-state index is 6.00. The molecule has 88 valence electrons. The molecule has 0 amide bonds. The topological polar surface area (TPSA) is 29.3 Å². The van der Waals surface area contributed by atoms with E-state index in [1.807, 2.05) is 0 Å². The molecule has 1 heterocycles. The predicted molar refractivity (Wildman–Crippen MR) is 70.0 cm³/mol. The quantitative estimate of drug-likeness (QED) is 0.827. The molecule has 1 saturated heterocycles. The number of benzene rings is 1. The summed E-state index contributed by atoms with van der Waals surface area (Å²) < 4.78 is 0. The van der Waals surface area contributed by atoms with Crippen molar-refractivity contribution in [3.05, 3.63) is 29.8 Å². The lowest BCUT2D eigenvalue weighted by Crippen LogP contribution is -2.42. The number of anilines is 1. The number of nitrogens with zero attached hydrogens (tertiary/aromatic N) is 1. The van der Waals surface area contributed by atoms with Crippen molar-refractivity contribution in [2.45, 2.75) is 38.6 Å². The average molecular weight is 218 g/mol. The van der Waals surface area contributed by atoms with E-state index in [2.05, 4.69) is 43.0 Å². The fraction of sp³-hybridized carbons (Fsp3) is 0.571. The zero-order valence-electron chi connectivity index (χ0n) is 10.3. The van der Waals surface area contributed by atoms with Crippen LogP contribution in [0.4, 0.5) is 5.69 Å². The van der Waals surface area contributed by atoms with E-state index in [0.29, 0.717) is 12.0 Å². The Bertz CT molecular complexity index is 329. The smallest absolute Gasteiger partial charge is 0.0366 e. The SMILES string of the molecule is CC(C)c1ccc(N2CCCC(N)C2)cc1. The molecule has 1 aromatic carbocycles. The van der Waals surface area contributed by atoms with Crippen LogP contribution in [0.3, 0.4) is 0 Å². The molecule has 1 unspecified atom stereocenters. The Morgan fingerprint density at radius 2 is 1.94 bits per heavy atom. The van der Waals surface area contributed by atoms with Gasteiger partial charge in [-0.3, -0.25) is 0 Å². The molecule has 0 spiro atoms. The van der Waals surface area contributed by atoms with Crippen LogP contribution in [-0.2, 0) is 0 Å². The van der Waals surface area contributed by atoms with Crippen LogP contribution in [0.1, 0.15) is 38.2 Å². The van der Waals surface area contributed by atoms with E-state index >= 15 is 0 Å². The third-order valence-electron chi connectivity index (χ3n) is 3.38. The number of nitrogens with two attached hydrogens (primary N) is 1. The third-order valence-corrected chi connectivity index (χ3v) is 3.38. The van der Waals surface area contributed by atoms with Gasteiger partial charge < -0.3 is 10.6 Å². The lowest BCUT2D eigenvalue weighted by Gasteiger charge is -2.32. The molecule has 1 aliphatic heterocycles. The number of hydrogen-bond acceptors (Lipinski definition) is 2. The second-order valence-electron chi connectivity index (χ2n) is 5.09. The van der Waals surface area contributed by atoms with Crippen LogP contribution < -0.4 is 10.6 Å². The highest BCUT2D eigenvalue weighted by Crippen LogP contribution is 2.22. The van der Waals surface area contributed by atoms with E-state index in [-0.39, 0.29) is 0 Å². The monoisotopic (exact) mass is 218 g/mol. The molecular weight excluding hydrogens is 196 g/mol. The highest BCUT2D eigenvalue weighted by atomic mass is 15.1. The zero-order chi connectivity index (χ0) is 11.5. The van der Waals surface area contributed by atoms with Crippen LogP contribution in [0.2, 0.25) is 0 Å². The van der Waals surface area contributed by atoms with Crippen LogP contribution >= 0.6 is 0 Å². The van der Waals surface area contributed by atoms with Gasteiger partial charge in [-0.2, -0.15) is 0 Å². The Balaban J connectivity index is 2.09. The zero-order valence-corrected chi connectivity index (χ0v) is 10.3. The summed E-state index contributed by atoms with van der Waals surface area (Å²) in [6.45, 7) is 6.60. The average Bonchev–Trinajstić information content (AvgIpc) is 2.29. The molecule has 1 aromatic rings. The molecule has 0 aliphatic carbocycles. The Hall–Kier alpha value is -1.02. The van der Waals surface area contributed by atoms with Crippen molar-refractivity contribution >= 4 is 5.69 Å². The first-order valence-electron chi connectivity index (χ1n) is 6.27. The summed E-state index contributed by atoms with van der Waals surface area (Å²) >= 11 is 0. The molecule has 2 nitrogen and oxygen atoms in total. The number of rotatable bonds is 2. The Morgan fingerprint density at radius 3 is 2.50 bits per heavy atom. The van der Waals surface area contributed by atoms with Gasteiger partial charge >= 0.3 is 0 Å². The van der Waals surface area contributed by atoms with Crippen LogP contribution in [0.25, 0.3) is 0 Å². The van der Waals surface area contributed by atoms with Gasteiger partial charge in [-0.25, -0.2) is 0 Å². The first-order chi connectivity index (χ1) is 7.66.